The van der Waals surface area contributed by atoms with Crippen LogP contribution in [0.25, 0.3) is 11.0 Å². The highest BCUT2D eigenvalue weighted by atomic mass is 16.5. The molecule has 1 saturated heterocycles. The number of methoxy groups -OCH3 is 2. The van der Waals surface area contributed by atoms with Crippen molar-refractivity contribution in [3.05, 3.63) is 46.4 Å². The summed E-state index contributed by atoms with van der Waals surface area (Å²) in [6.07, 6.45) is 3.29. The maximum absolute atomic E-state index is 13.2. The van der Waals surface area contributed by atoms with E-state index in [1.807, 2.05) is 26.0 Å². The zero-order valence-electron chi connectivity index (χ0n) is 21.2. The second kappa shape index (κ2) is 10.8. The number of benzene rings is 2. The lowest BCUT2D eigenvalue weighted by molar-refractivity contribution is 0.0602. The Labute approximate surface area is 209 Å². The summed E-state index contributed by atoms with van der Waals surface area (Å²) in [5.41, 5.74) is 3.47. The highest BCUT2D eigenvalue weighted by molar-refractivity contribution is 6.07. The number of esters is 1. The van der Waals surface area contributed by atoms with Gasteiger partial charge < -0.3 is 25.0 Å². The van der Waals surface area contributed by atoms with E-state index in [1.54, 1.807) is 27.3 Å². The Morgan fingerprint density at radius 3 is 2.14 bits per heavy atom. The van der Waals surface area contributed by atoms with Crippen molar-refractivity contribution in [2.75, 3.05) is 42.8 Å². The van der Waals surface area contributed by atoms with Gasteiger partial charge in [-0.1, -0.05) is 0 Å². The van der Waals surface area contributed by atoms with Crippen molar-refractivity contribution in [3.8, 4) is 5.75 Å². The fourth-order valence-corrected chi connectivity index (χ4v) is 4.78. The molecule has 0 unspecified atom stereocenters. The predicted octanol–water partition coefficient (Wildman–Crippen LogP) is 4.27. The first kappa shape index (κ1) is 25.2. The molecule has 2 amide bonds. The van der Waals surface area contributed by atoms with Crippen LogP contribution >= 0.6 is 0 Å². The number of fused-ring (bicyclic) bond motifs is 1. The number of rotatable bonds is 7. The Bertz CT molecular complexity index is 1340. The highest BCUT2D eigenvalue weighted by Crippen LogP contribution is 2.34. The lowest BCUT2D eigenvalue weighted by atomic mass is 10.1. The molecule has 2 N–H and O–H groups in total. The standard InChI is InChI=1S/C26H33N5O5/c1-5-30-22-15-20(21(29-12-8-7-9-13-29)16-23(22)31(6-2)26(30)34)28-25(33)27-19-14-17(35-3)10-11-18(19)24(32)36-4/h10-11,14-16H,5-9,12-13H2,1-4H3,(H2,27,28,33). The van der Waals surface area contributed by atoms with Crippen LogP contribution in [-0.2, 0) is 17.8 Å². The van der Waals surface area contributed by atoms with E-state index in [-0.39, 0.29) is 16.9 Å². The van der Waals surface area contributed by atoms with Gasteiger partial charge in [-0.25, -0.2) is 14.4 Å². The van der Waals surface area contributed by atoms with Crippen molar-refractivity contribution in [2.45, 2.75) is 46.2 Å². The number of ether oxygens (including phenoxy) is 2. The van der Waals surface area contributed by atoms with E-state index in [2.05, 4.69) is 15.5 Å². The number of hydrogen-bond acceptors (Lipinski definition) is 6. The molecule has 1 aromatic heterocycles. The summed E-state index contributed by atoms with van der Waals surface area (Å²) in [5.74, 6) is -0.0857. The molecule has 3 aromatic rings. The summed E-state index contributed by atoms with van der Waals surface area (Å²) in [6, 6.07) is 8.07. The zero-order chi connectivity index (χ0) is 25.8. The molecule has 192 valence electrons. The third kappa shape index (κ3) is 4.75. The molecule has 0 bridgehead atoms. The fraction of sp³-hybridized carbons (Fsp3) is 0.423. The minimum absolute atomic E-state index is 0.0692. The second-order valence-electron chi connectivity index (χ2n) is 8.66. The molecule has 10 nitrogen and oxygen atoms in total. The molecular weight excluding hydrogens is 462 g/mol. The maximum Gasteiger partial charge on any atom is 0.339 e. The summed E-state index contributed by atoms with van der Waals surface area (Å²) < 4.78 is 13.6. The summed E-state index contributed by atoms with van der Waals surface area (Å²) in [4.78, 5) is 40.6. The molecule has 2 heterocycles. The van der Waals surface area contributed by atoms with Crippen LogP contribution in [0.15, 0.2) is 35.1 Å². The van der Waals surface area contributed by atoms with E-state index in [9.17, 15) is 14.4 Å². The molecule has 36 heavy (non-hydrogen) atoms. The molecular formula is C26H33N5O5. The van der Waals surface area contributed by atoms with Crippen LogP contribution in [-0.4, -0.2) is 48.4 Å². The van der Waals surface area contributed by atoms with Gasteiger partial charge in [-0.2, -0.15) is 0 Å². The van der Waals surface area contributed by atoms with E-state index in [1.165, 1.54) is 20.6 Å². The fourth-order valence-electron chi connectivity index (χ4n) is 4.78. The molecule has 2 aromatic carbocycles. The minimum atomic E-state index is -0.573. The summed E-state index contributed by atoms with van der Waals surface area (Å²) in [5, 5.41) is 5.72. The van der Waals surface area contributed by atoms with Crippen molar-refractivity contribution in [1.29, 1.82) is 0 Å². The van der Waals surface area contributed by atoms with Gasteiger partial charge in [0.05, 0.1) is 47.9 Å². The van der Waals surface area contributed by atoms with E-state index < -0.39 is 12.0 Å². The van der Waals surface area contributed by atoms with Gasteiger partial charge in [0.25, 0.3) is 0 Å². The Kier molecular flexibility index (Phi) is 7.52. The summed E-state index contributed by atoms with van der Waals surface area (Å²) in [7, 11) is 2.79. The number of hydrogen-bond donors (Lipinski definition) is 2. The molecule has 0 spiro atoms. The lowest BCUT2D eigenvalue weighted by Gasteiger charge is -2.31. The summed E-state index contributed by atoms with van der Waals surface area (Å²) in [6.45, 7) is 6.69. The van der Waals surface area contributed by atoms with E-state index in [4.69, 9.17) is 9.47 Å². The number of piperidine rings is 1. The number of carbonyl (C=O) groups is 2. The largest absolute Gasteiger partial charge is 0.497 e. The number of nitrogens with one attached hydrogen (secondary N) is 2. The molecule has 1 fully saturated rings. The van der Waals surface area contributed by atoms with Gasteiger partial charge in [0, 0.05) is 32.2 Å². The van der Waals surface area contributed by atoms with Gasteiger partial charge in [0.2, 0.25) is 0 Å². The molecule has 0 aliphatic carbocycles. The normalized spacial score (nSPS) is 13.5. The van der Waals surface area contributed by atoms with Crippen LogP contribution in [0.3, 0.4) is 0 Å². The monoisotopic (exact) mass is 495 g/mol. The molecule has 1 aliphatic heterocycles. The maximum atomic E-state index is 13.2. The van der Waals surface area contributed by atoms with Crippen molar-refractivity contribution >= 4 is 40.1 Å². The number of aryl methyl sites for hydroxylation is 2. The van der Waals surface area contributed by atoms with Crippen LogP contribution in [0.1, 0.15) is 43.5 Å². The van der Waals surface area contributed by atoms with Crippen molar-refractivity contribution < 1.29 is 19.1 Å². The Hall–Kier alpha value is -3.95. The number of imidazole rings is 1. The first-order valence-electron chi connectivity index (χ1n) is 12.3. The van der Waals surface area contributed by atoms with Gasteiger partial charge in [-0.3, -0.25) is 9.13 Å². The van der Waals surface area contributed by atoms with E-state index >= 15 is 0 Å². The molecule has 0 radical (unpaired) electrons. The smallest absolute Gasteiger partial charge is 0.339 e. The van der Waals surface area contributed by atoms with Crippen LogP contribution < -0.4 is 26.0 Å². The van der Waals surface area contributed by atoms with Crippen molar-refractivity contribution in [2.24, 2.45) is 0 Å². The SMILES string of the molecule is CCn1c(=O)n(CC)c2cc(N3CCCCC3)c(NC(=O)Nc3cc(OC)ccc3C(=O)OC)cc21. The first-order chi connectivity index (χ1) is 17.4. The first-order valence-corrected chi connectivity index (χ1v) is 12.3. The second-order valence-corrected chi connectivity index (χ2v) is 8.66. The molecule has 1 aliphatic rings. The third-order valence-electron chi connectivity index (χ3n) is 6.59. The Morgan fingerprint density at radius 2 is 1.53 bits per heavy atom. The van der Waals surface area contributed by atoms with Gasteiger partial charge in [0.1, 0.15) is 5.75 Å². The molecule has 4 rings (SSSR count). The number of carbonyl (C=O) groups excluding carboxylic acids is 2. The van der Waals surface area contributed by atoms with Crippen LogP contribution in [0.5, 0.6) is 5.75 Å². The molecule has 10 heteroatoms. The van der Waals surface area contributed by atoms with Crippen LogP contribution in [0.4, 0.5) is 21.9 Å². The highest BCUT2D eigenvalue weighted by Gasteiger charge is 2.22. The minimum Gasteiger partial charge on any atom is -0.497 e. The van der Waals surface area contributed by atoms with Gasteiger partial charge in [0.15, 0.2) is 0 Å². The topological polar surface area (TPSA) is 107 Å². The number of urea groups is 1. The average Bonchev–Trinajstić information content (AvgIpc) is 3.17. The Balaban J connectivity index is 1.75. The predicted molar refractivity (Wildman–Crippen MR) is 141 cm³/mol. The Morgan fingerprint density at radius 1 is 0.889 bits per heavy atom. The van der Waals surface area contributed by atoms with Gasteiger partial charge in [-0.15, -0.1) is 0 Å². The van der Waals surface area contributed by atoms with Crippen LogP contribution in [0.2, 0.25) is 0 Å². The summed E-state index contributed by atoms with van der Waals surface area (Å²) >= 11 is 0. The number of anilines is 3. The lowest BCUT2D eigenvalue weighted by Crippen LogP contribution is -2.31. The number of amides is 2. The quantitative estimate of drug-likeness (QED) is 0.474. The van der Waals surface area contributed by atoms with E-state index in [0.29, 0.717) is 24.5 Å². The van der Waals surface area contributed by atoms with Crippen molar-refractivity contribution in [1.82, 2.24) is 9.13 Å². The number of nitrogens with zero attached hydrogens (tertiary/aromatic N) is 3. The average molecular weight is 496 g/mol. The van der Waals surface area contributed by atoms with E-state index in [0.717, 1.165) is 42.7 Å². The van der Waals surface area contributed by atoms with Crippen molar-refractivity contribution in [3.63, 3.8) is 0 Å². The van der Waals surface area contributed by atoms with Gasteiger partial charge in [-0.05, 0) is 57.4 Å². The molecule has 0 saturated carbocycles. The molecule has 0 atom stereocenters. The number of aromatic nitrogens is 2. The van der Waals surface area contributed by atoms with Crippen LogP contribution in [0, 0.1) is 0 Å². The zero-order valence-corrected chi connectivity index (χ0v) is 21.2. The third-order valence-corrected chi connectivity index (χ3v) is 6.59. The van der Waals surface area contributed by atoms with Gasteiger partial charge >= 0.3 is 17.7 Å².